The molecule has 0 bridgehead atoms. The molecule has 7 aromatic carbocycles. The van der Waals surface area contributed by atoms with Crippen molar-refractivity contribution in [2.24, 2.45) is 0 Å². The van der Waals surface area contributed by atoms with Crippen LogP contribution < -0.4 is 20.7 Å². The molecule has 0 spiro atoms. The first-order chi connectivity index (χ1) is 25.7. The lowest BCUT2D eigenvalue weighted by Crippen LogP contribution is -2.72. The molecule has 1 aliphatic rings. The van der Waals surface area contributed by atoms with E-state index < -0.39 is 8.07 Å². The summed E-state index contributed by atoms with van der Waals surface area (Å²) in [5.74, 6) is -0.262. The number of nitrogens with zero attached hydrogens (tertiary/aromatic N) is 2. The van der Waals surface area contributed by atoms with Crippen LogP contribution in [-0.2, 0) is 0 Å². The average molecular weight is 683 g/mol. The quantitative estimate of drug-likeness (QED) is 0.134. The van der Waals surface area contributed by atoms with Crippen molar-refractivity contribution in [3.05, 3.63) is 194 Å². The molecule has 52 heavy (non-hydrogen) atoms. The molecular weight excluding hydrogens is 652 g/mol. The van der Waals surface area contributed by atoms with Gasteiger partial charge in [0.2, 0.25) is 0 Å². The minimum Gasteiger partial charge on any atom is -0.245 e. The van der Waals surface area contributed by atoms with Crippen molar-refractivity contribution < 1.29 is 4.39 Å². The third kappa shape index (κ3) is 4.76. The molecule has 0 saturated carbocycles. The molecule has 2 nitrogen and oxygen atoms in total. The zero-order valence-electron chi connectivity index (χ0n) is 28.2. The Hall–Kier alpha value is -6.49. The van der Waals surface area contributed by atoms with Gasteiger partial charge in [0.15, 0.2) is 8.07 Å². The van der Waals surface area contributed by atoms with Crippen LogP contribution in [0, 0.1) is 5.82 Å². The van der Waals surface area contributed by atoms with Crippen molar-refractivity contribution in [2.45, 2.75) is 0 Å². The van der Waals surface area contributed by atoms with E-state index in [1.54, 1.807) is 12.1 Å². The number of pyridine rings is 2. The molecule has 2 aromatic heterocycles. The highest BCUT2D eigenvalue weighted by Crippen LogP contribution is 2.34. The fourth-order valence-electron chi connectivity index (χ4n) is 8.20. The molecule has 0 unspecified atom stereocenters. The number of fused-ring (bicyclic) bond motifs is 6. The second kappa shape index (κ2) is 12.1. The second-order valence-electron chi connectivity index (χ2n) is 13.5. The number of hydrogen-bond donors (Lipinski definition) is 0. The Morgan fingerprint density at radius 1 is 0.365 bits per heavy atom. The van der Waals surface area contributed by atoms with Crippen LogP contribution in [0.25, 0.3) is 66.6 Å². The van der Waals surface area contributed by atoms with E-state index in [4.69, 9.17) is 9.97 Å². The molecule has 9 aromatic rings. The van der Waals surface area contributed by atoms with E-state index in [-0.39, 0.29) is 5.82 Å². The molecule has 4 heteroatoms. The third-order valence-corrected chi connectivity index (χ3v) is 15.5. The van der Waals surface area contributed by atoms with Gasteiger partial charge in [-0.25, -0.2) is 14.4 Å². The Morgan fingerprint density at radius 3 is 1.56 bits per heavy atom. The lowest BCUT2D eigenvalue weighted by molar-refractivity contribution is 0.628. The van der Waals surface area contributed by atoms with Gasteiger partial charge in [-0.15, -0.1) is 0 Å². The minimum atomic E-state index is -2.52. The molecule has 0 atom stereocenters. The number of aromatic nitrogens is 2. The van der Waals surface area contributed by atoms with Crippen molar-refractivity contribution in [1.82, 2.24) is 9.97 Å². The Balaban J connectivity index is 1.09. The summed E-state index contributed by atoms with van der Waals surface area (Å²) in [5, 5.41) is 7.71. The van der Waals surface area contributed by atoms with Crippen molar-refractivity contribution in [3.63, 3.8) is 0 Å². The van der Waals surface area contributed by atoms with E-state index in [2.05, 4.69) is 158 Å². The van der Waals surface area contributed by atoms with Crippen LogP contribution in [0.5, 0.6) is 0 Å². The van der Waals surface area contributed by atoms with E-state index in [0.717, 1.165) is 49.9 Å². The Bertz CT molecular complexity index is 2760. The van der Waals surface area contributed by atoms with Gasteiger partial charge in [0.05, 0.1) is 22.4 Å². The zero-order chi connectivity index (χ0) is 34.6. The molecule has 0 aliphatic carbocycles. The lowest BCUT2D eigenvalue weighted by atomic mass is 9.97. The van der Waals surface area contributed by atoms with Crippen LogP contribution >= 0.6 is 0 Å². The minimum absolute atomic E-state index is 0.262. The largest absolute Gasteiger partial charge is 0.245 e. The molecular formula is C48H31FN2Si. The lowest BCUT2D eigenvalue weighted by Gasteiger charge is -2.31. The van der Waals surface area contributed by atoms with Gasteiger partial charge < -0.3 is 0 Å². The Labute approximate surface area is 302 Å². The van der Waals surface area contributed by atoms with Gasteiger partial charge in [0, 0.05) is 21.9 Å². The second-order valence-corrected chi connectivity index (χ2v) is 17.2. The first-order valence-electron chi connectivity index (χ1n) is 17.6. The van der Waals surface area contributed by atoms with Crippen LogP contribution in [0.2, 0.25) is 0 Å². The maximum Gasteiger partial charge on any atom is 0.180 e. The number of hydrogen-bond acceptors (Lipinski definition) is 2. The molecule has 1 aliphatic heterocycles. The summed E-state index contributed by atoms with van der Waals surface area (Å²) >= 11 is 0. The molecule has 0 radical (unpaired) electrons. The smallest absolute Gasteiger partial charge is 0.180 e. The molecule has 0 fully saturated rings. The van der Waals surface area contributed by atoms with Crippen LogP contribution in [0.3, 0.4) is 0 Å². The van der Waals surface area contributed by atoms with Crippen molar-refractivity contribution in [3.8, 4) is 44.8 Å². The standard InChI is InChI=1S/C48H31FN2Si/c49-38-25-20-32(21-26-38)43-27-22-33-18-19-34-23-28-44(51-48(34)47(33)50-43)37-11-9-10-35(30-37)36-24-29-46-42(31-36)41-16-7-8-17-45(41)52(46,39-12-3-1-4-13-39)40-14-5-2-6-15-40/h1-31H. The molecule has 10 rings (SSSR count). The average Bonchev–Trinajstić information content (AvgIpc) is 3.52. The van der Waals surface area contributed by atoms with Gasteiger partial charge in [-0.05, 0) is 91.5 Å². The van der Waals surface area contributed by atoms with Gasteiger partial charge in [-0.3, -0.25) is 0 Å². The maximum atomic E-state index is 13.7. The highest BCUT2D eigenvalue weighted by molar-refractivity contribution is 7.22. The molecule has 3 heterocycles. The summed E-state index contributed by atoms with van der Waals surface area (Å²) in [6.45, 7) is 0. The molecule has 0 saturated heterocycles. The SMILES string of the molecule is Fc1ccc(-c2ccc3ccc4ccc(-c5cccc(-c6ccc7c(c6)-c6ccccc6[Si]7(c6ccccc6)c6ccccc6)c5)nc4c3n2)cc1. The predicted octanol–water partition coefficient (Wildman–Crippen LogP) is 9.28. The maximum absolute atomic E-state index is 13.7. The summed E-state index contributed by atoms with van der Waals surface area (Å²) in [5.41, 5.74) is 10.2. The van der Waals surface area contributed by atoms with Crippen LogP contribution in [0.1, 0.15) is 0 Å². The number of rotatable bonds is 5. The normalized spacial score (nSPS) is 12.9. The van der Waals surface area contributed by atoms with E-state index >= 15 is 0 Å². The fourth-order valence-corrected chi connectivity index (χ4v) is 13.4. The summed E-state index contributed by atoms with van der Waals surface area (Å²) < 4.78 is 13.7. The van der Waals surface area contributed by atoms with E-state index in [0.29, 0.717) is 0 Å². The number of halogens is 1. The summed E-state index contributed by atoms with van der Waals surface area (Å²) in [4.78, 5) is 10.2. The van der Waals surface area contributed by atoms with Crippen molar-refractivity contribution in [2.75, 3.05) is 0 Å². The Kier molecular flexibility index (Phi) is 7.05. The molecule has 244 valence electrons. The fraction of sp³-hybridized carbons (Fsp3) is 0. The summed E-state index contributed by atoms with van der Waals surface area (Å²) in [6.07, 6.45) is 0. The van der Waals surface area contributed by atoms with Crippen LogP contribution in [-0.4, -0.2) is 18.0 Å². The molecule has 0 amide bonds. The van der Waals surface area contributed by atoms with Gasteiger partial charge in [-0.1, -0.05) is 140 Å². The first kappa shape index (κ1) is 30.3. The van der Waals surface area contributed by atoms with Crippen molar-refractivity contribution in [1.29, 1.82) is 0 Å². The van der Waals surface area contributed by atoms with Crippen molar-refractivity contribution >= 4 is 50.6 Å². The van der Waals surface area contributed by atoms with E-state index in [1.807, 2.05) is 6.07 Å². The highest BCUT2D eigenvalue weighted by atomic mass is 28.3. The van der Waals surface area contributed by atoms with Gasteiger partial charge in [-0.2, -0.15) is 0 Å². The molecule has 0 N–H and O–H groups in total. The summed E-state index contributed by atoms with van der Waals surface area (Å²) in [6, 6.07) is 66.0. The first-order valence-corrected chi connectivity index (χ1v) is 19.6. The van der Waals surface area contributed by atoms with Gasteiger partial charge in [0.25, 0.3) is 0 Å². The van der Waals surface area contributed by atoms with E-state index in [1.165, 1.54) is 49.6 Å². The highest BCUT2D eigenvalue weighted by Gasteiger charge is 2.48. The summed E-state index contributed by atoms with van der Waals surface area (Å²) in [7, 11) is -2.52. The monoisotopic (exact) mass is 682 g/mol. The van der Waals surface area contributed by atoms with Crippen LogP contribution in [0.4, 0.5) is 4.39 Å². The zero-order valence-corrected chi connectivity index (χ0v) is 29.2. The van der Waals surface area contributed by atoms with Gasteiger partial charge >= 0.3 is 0 Å². The third-order valence-electron chi connectivity index (χ3n) is 10.6. The van der Waals surface area contributed by atoms with Gasteiger partial charge in [0.1, 0.15) is 5.82 Å². The number of benzene rings is 7. The Morgan fingerprint density at radius 2 is 0.885 bits per heavy atom. The topological polar surface area (TPSA) is 25.8 Å². The van der Waals surface area contributed by atoms with Crippen LogP contribution in [0.15, 0.2) is 188 Å². The van der Waals surface area contributed by atoms with E-state index in [9.17, 15) is 4.39 Å². The predicted molar refractivity (Wildman–Crippen MR) is 216 cm³/mol.